The largest absolute Gasteiger partial charge is 0.435 e. The summed E-state index contributed by atoms with van der Waals surface area (Å²) in [5, 5.41) is 20.3. The number of aliphatic hydroxyl groups is 1. The molecule has 2 aromatic rings. The number of amides is 2. The van der Waals surface area contributed by atoms with Gasteiger partial charge >= 0.3 is 12.2 Å². The maximum Gasteiger partial charge on any atom is 0.435 e. The zero-order valence-electron chi connectivity index (χ0n) is 15.0. The van der Waals surface area contributed by atoms with Crippen molar-refractivity contribution in [2.75, 3.05) is 18.4 Å². The van der Waals surface area contributed by atoms with Crippen LogP contribution in [0.3, 0.4) is 0 Å². The van der Waals surface area contributed by atoms with Gasteiger partial charge in [0, 0.05) is 32.0 Å². The Balaban J connectivity index is 1.74. The van der Waals surface area contributed by atoms with E-state index in [1.165, 1.54) is 18.9 Å². The molecule has 148 valence electrons. The average molecular weight is 388 g/mol. The Morgan fingerprint density at radius 2 is 2.15 bits per heavy atom. The van der Waals surface area contributed by atoms with E-state index in [1.54, 1.807) is 0 Å². The summed E-state index contributed by atoms with van der Waals surface area (Å²) in [7, 11) is 1.31. The first kappa shape index (κ1) is 19.1. The number of alkyl halides is 3. The fraction of sp³-hybridized carbons (Fsp3) is 0.600. The number of aromatic nitrogens is 4. The summed E-state index contributed by atoms with van der Waals surface area (Å²) in [6.07, 6.45) is -3.91. The van der Waals surface area contributed by atoms with Gasteiger partial charge < -0.3 is 14.5 Å². The van der Waals surface area contributed by atoms with Gasteiger partial charge in [0.2, 0.25) is 0 Å². The average Bonchev–Trinajstić information content (AvgIpc) is 3.28. The van der Waals surface area contributed by atoms with E-state index in [4.69, 9.17) is 4.52 Å². The Kier molecular flexibility index (Phi) is 4.62. The number of likely N-dealkylation sites (tertiary alicyclic amines) is 1. The monoisotopic (exact) mass is 388 g/mol. The predicted octanol–water partition coefficient (Wildman–Crippen LogP) is 1.82. The maximum atomic E-state index is 12.9. The summed E-state index contributed by atoms with van der Waals surface area (Å²) in [6.45, 7) is 3.12. The number of carbonyl (C=O) groups is 1. The summed E-state index contributed by atoms with van der Waals surface area (Å²) in [5.41, 5.74) is -2.73. The lowest BCUT2D eigenvalue weighted by Crippen LogP contribution is -2.37. The molecule has 12 heteroatoms. The van der Waals surface area contributed by atoms with E-state index < -0.39 is 23.5 Å². The molecule has 0 aromatic carbocycles. The number of nitrogens with zero attached hydrogens (tertiary/aromatic N) is 5. The number of nitrogens with one attached hydrogen (secondary N) is 1. The number of rotatable bonds is 3. The van der Waals surface area contributed by atoms with E-state index >= 15 is 0 Å². The van der Waals surface area contributed by atoms with Crippen molar-refractivity contribution in [1.82, 2.24) is 24.8 Å². The summed E-state index contributed by atoms with van der Waals surface area (Å²) >= 11 is 0. The lowest BCUT2D eigenvalue weighted by Gasteiger charge is -2.20. The Labute approximate surface area is 152 Å². The fourth-order valence-electron chi connectivity index (χ4n) is 2.98. The molecule has 0 saturated carbocycles. The highest BCUT2D eigenvalue weighted by molar-refractivity contribution is 5.89. The van der Waals surface area contributed by atoms with Gasteiger partial charge in [-0.1, -0.05) is 12.1 Å². The molecule has 1 unspecified atom stereocenters. The number of halogens is 3. The van der Waals surface area contributed by atoms with Crippen LogP contribution < -0.4 is 5.32 Å². The molecule has 1 saturated heterocycles. The topological polar surface area (TPSA) is 109 Å². The molecule has 0 bridgehead atoms. The summed E-state index contributed by atoms with van der Waals surface area (Å²) < 4.78 is 44.9. The smallest absolute Gasteiger partial charge is 0.378 e. The highest BCUT2D eigenvalue weighted by Crippen LogP contribution is 2.35. The molecule has 1 aliphatic rings. The van der Waals surface area contributed by atoms with Crippen LogP contribution in [0.4, 0.5) is 23.8 Å². The molecule has 3 heterocycles. The molecule has 1 aliphatic heterocycles. The first-order valence-electron chi connectivity index (χ1n) is 8.27. The van der Waals surface area contributed by atoms with Gasteiger partial charge in [0.15, 0.2) is 17.1 Å². The number of aryl methyl sites for hydroxylation is 2. The second-order valence-corrected chi connectivity index (χ2v) is 6.45. The van der Waals surface area contributed by atoms with Crippen LogP contribution in [0.25, 0.3) is 0 Å². The zero-order valence-corrected chi connectivity index (χ0v) is 15.0. The molecule has 2 amide bonds. The van der Waals surface area contributed by atoms with Gasteiger partial charge in [-0.25, -0.2) is 4.79 Å². The van der Waals surface area contributed by atoms with Crippen LogP contribution in [0.2, 0.25) is 0 Å². The molecular formula is C15H19F3N6O3. The highest BCUT2D eigenvalue weighted by Gasteiger charge is 2.44. The molecule has 0 spiro atoms. The third-order valence-electron chi connectivity index (χ3n) is 4.50. The second-order valence-electron chi connectivity index (χ2n) is 6.45. The van der Waals surface area contributed by atoms with Gasteiger partial charge in [0.25, 0.3) is 5.89 Å². The molecule has 0 radical (unpaired) electrons. The molecule has 1 fully saturated rings. The first-order valence-corrected chi connectivity index (χ1v) is 8.27. The minimum Gasteiger partial charge on any atom is -0.378 e. The molecule has 3 rings (SSSR count). The minimum absolute atomic E-state index is 0.0192. The van der Waals surface area contributed by atoms with Crippen LogP contribution >= 0.6 is 0 Å². The maximum absolute atomic E-state index is 12.9. The van der Waals surface area contributed by atoms with Crippen LogP contribution in [0.15, 0.2) is 4.52 Å². The van der Waals surface area contributed by atoms with Crippen molar-refractivity contribution in [3.05, 3.63) is 23.0 Å². The van der Waals surface area contributed by atoms with Crippen LogP contribution in [0, 0.1) is 6.92 Å². The summed E-state index contributed by atoms with van der Waals surface area (Å²) in [5.74, 6) is 0.395. The third kappa shape index (κ3) is 3.48. The van der Waals surface area contributed by atoms with Crippen molar-refractivity contribution < 1.29 is 27.6 Å². The minimum atomic E-state index is -4.62. The normalized spacial score (nSPS) is 20.3. The molecule has 27 heavy (non-hydrogen) atoms. The van der Waals surface area contributed by atoms with Crippen LogP contribution in [-0.2, 0) is 25.2 Å². The van der Waals surface area contributed by atoms with E-state index in [-0.39, 0.29) is 36.8 Å². The van der Waals surface area contributed by atoms with Crippen molar-refractivity contribution in [2.45, 2.75) is 38.5 Å². The fourth-order valence-corrected chi connectivity index (χ4v) is 2.98. The lowest BCUT2D eigenvalue weighted by atomic mass is 10.0. The Morgan fingerprint density at radius 3 is 2.70 bits per heavy atom. The summed E-state index contributed by atoms with van der Waals surface area (Å²) in [4.78, 5) is 17.8. The standard InChI is InChI=1S/C15H19F3N6O3/c1-4-9-19-12(27-22-9)14(26)5-6-24(7-14)13(25)20-11-8(2)10(15(16,17)18)21-23(11)3/h26H,4-7H2,1-3H3,(H,20,25). The zero-order chi connectivity index (χ0) is 20.0. The van der Waals surface area contributed by atoms with Crippen LogP contribution in [-0.4, -0.2) is 49.0 Å². The number of anilines is 1. The molecule has 9 nitrogen and oxygen atoms in total. The summed E-state index contributed by atoms with van der Waals surface area (Å²) in [6, 6.07) is -0.652. The third-order valence-corrected chi connectivity index (χ3v) is 4.50. The van der Waals surface area contributed by atoms with Gasteiger partial charge in [-0.05, 0) is 6.92 Å². The first-order chi connectivity index (χ1) is 12.5. The van der Waals surface area contributed by atoms with E-state index in [0.29, 0.717) is 12.2 Å². The molecule has 0 aliphatic carbocycles. The number of urea groups is 1. The van der Waals surface area contributed by atoms with E-state index in [1.807, 2.05) is 6.92 Å². The van der Waals surface area contributed by atoms with Gasteiger partial charge in [0.05, 0.1) is 6.54 Å². The van der Waals surface area contributed by atoms with Gasteiger partial charge in [0.1, 0.15) is 5.82 Å². The SMILES string of the molecule is CCc1noc(C2(O)CCN(C(=O)Nc3c(C)c(C(F)(F)F)nn3C)C2)n1. The number of hydrogen-bond donors (Lipinski definition) is 2. The van der Waals surface area contributed by atoms with Gasteiger partial charge in [-0.2, -0.15) is 23.3 Å². The number of β-amino-alcohol motifs (C(OH)–C–C–N with tert-alkyl or cyclic N) is 1. The quantitative estimate of drug-likeness (QED) is 0.830. The number of carbonyl (C=O) groups excluding carboxylic acids is 1. The van der Waals surface area contributed by atoms with Crippen molar-refractivity contribution in [3.8, 4) is 0 Å². The van der Waals surface area contributed by atoms with Crippen molar-refractivity contribution in [1.29, 1.82) is 0 Å². The van der Waals surface area contributed by atoms with Crippen molar-refractivity contribution in [2.24, 2.45) is 7.05 Å². The van der Waals surface area contributed by atoms with Gasteiger partial charge in [-0.3, -0.25) is 10.00 Å². The van der Waals surface area contributed by atoms with Crippen LogP contribution in [0.5, 0.6) is 0 Å². The van der Waals surface area contributed by atoms with E-state index in [0.717, 1.165) is 4.68 Å². The van der Waals surface area contributed by atoms with Crippen LogP contribution in [0.1, 0.15) is 36.3 Å². The molecule has 1 atom stereocenters. The molecular weight excluding hydrogens is 369 g/mol. The van der Waals surface area contributed by atoms with E-state index in [2.05, 4.69) is 20.6 Å². The Hall–Kier alpha value is -2.63. The Bertz CT molecular complexity index is 862. The lowest BCUT2D eigenvalue weighted by molar-refractivity contribution is -0.141. The molecule has 2 N–H and O–H groups in total. The Morgan fingerprint density at radius 1 is 1.44 bits per heavy atom. The number of hydrogen-bond acceptors (Lipinski definition) is 6. The molecule has 2 aromatic heterocycles. The second kappa shape index (κ2) is 6.51. The van der Waals surface area contributed by atoms with E-state index in [9.17, 15) is 23.1 Å². The predicted molar refractivity (Wildman–Crippen MR) is 85.7 cm³/mol. The van der Waals surface area contributed by atoms with Gasteiger partial charge in [-0.15, -0.1) is 0 Å². The van der Waals surface area contributed by atoms with Crippen molar-refractivity contribution >= 4 is 11.8 Å². The van der Waals surface area contributed by atoms with Crippen molar-refractivity contribution in [3.63, 3.8) is 0 Å². The highest BCUT2D eigenvalue weighted by atomic mass is 19.4.